The Kier molecular flexibility index (Phi) is 7.65. The van der Waals surface area contributed by atoms with Crippen LogP contribution in [0.4, 0.5) is 18.9 Å². The number of alkyl halides is 3. The molecule has 3 rings (SSSR count). The maximum atomic E-state index is 12.7. The monoisotopic (exact) mass is 457 g/mol. The first kappa shape index (κ1) is 24.2. The highest BCUT2D eigenvalue weighted by molar-refractivity contribution is 5.86. The molecule has 0 atom stereocenters. The van der Waals surface area contributed by atoms with E-state index in [4.69, 9.17) is 5.41 Å². The van der Waals surface area contributed by atoms with Gasteiger partial charge in [0.2, 0.25) is 0 Å². The van der Waals surface area contributed by atoms with Gasteiger partial charge >= 0.3 is 6.18 Å². The van der Waals surface area contributed by atoms with Gasteiger partial charge in [-0.3, -0.25) is 14.3 Å². The van der Waals surface area contributed by atoms with Crippen molar-refractivity contribution in [1.29, 1.82) is 5.41 Å². The van der Waals surface area contributed by atoms with E-state index in [9.17, 15) is 18.0 Å². The SMILES string of the molecule is CCCN(C)CCNc1ccc(-n2ccc(-c3ccc(C(F)(F)F)cn3)cc2=O)cc1C=N. The van der Waals surface area contributed by atoms with Gasteiger partial charge in [0, 0.05) is 60.3 Å². The molecule has 2 heterocycles. The van der Waals surface area contributed by atoms with Crippen molar-refractivity contribution in [3.05, 3.63) is 76.3 Å². The molecule has 2 N–H and O–H groups in total. The molecule has 0 unspecified atom stereocenters. The summed E-state index contributed by atoms with van der Waals surface area (Å²) in [5.41, 5.74) is 1.53. The molecule has 9 heteroatoms. The van der Waals surface area contributed by atoms with E-state index in [-0.39, 0.29) is 11.3 Å². The fourth-order valence-corrected chi connectivity index (χ4v) is 3.44. The quantitative estimate of drug-likeness (QED) is 0.458. The lowest BCUT2D eigenvalue weighted by Crippen LogP contribution is -2.26. The summed E-state index contributed by atoms with van der Waals surface area (Å²) in [7, 11) is 2.06. The summed E-state index contributed by atoms with van der Waals surface area (Å²) in [5.74, 6) is 0. The Balaban J connectivity index is 1.79. The molecule has 0 aliphatic carbocycles. The number of nitrogens with zero attached hydrogens (tertiary/aromatic N) is 3. The molecule has 0 bridgehead atoms. The number of rotatable bonds is 9. The molecule has 0 amide bonds. The molecular formula is C24H26F3N5O. The van der Waals surface area contributed by atoms with Crippen molar-refractivity contribution >= 4 is 11.9 Å². The Morgan fingerprint density at radius 3 is 2.55 bits per heavy atom. The number of nitrogens with one attached hydrogen (secondary N) is 2. The average Bonchev–Trinajstić information content (AvgIpc) is 2.79. The van der Waals surface area contributed by atoms with Crippen LogP contribution in [0.5, 0.6) is 0 Å². The first-order valence-corrected chi connectivity index (χ1v) is 10.6. The second-order valence-electron chi connectivity index (χ2n) is 7.70. The summed E-state index contributed by atoms with van der Waals surface area (Å²) >= 11 is 0. The highest BCUT2D eigenvalue weighted by atomic mass is 19.4. The van der Waals surface area contributed by atoms with Gasteiger partial charge < -0.3 is 15.6 Å². The molecule has 1 aromatic carbocycles. The topological polar surface area (TPSA) is 74.0 Å². The van der Waals surface area contributed by atoms with Crippen molar-refractivity contribution in [3.8, 4) is 16.9 Å². The second kappa shape index (κ2) is 10.4. The van der Waals surface area contributed by atoms with Gasteiger partial charge in [-0.05, 0) is 56.4 Å². The summed E-state index contributed by atoms with van der Waals surface area (Å²) in [6.45, 7) is 4.74. The Bertz CT molecular complexity index is 1160. The minimum atomic E-state index is -4.46. The van der Waals surface area contributed by atoms with E-state index in [1.807, 2.05) is 6.07 Å². The molecule has 33 heavy (non-hydrogen) atoms. The number of benzene rings is 1. The van der Waals surface area contributed by atoms with Crippen LogP contribution in [0.25, 0.3) is 16.9 Å². The van der Waals surface area contributed by atoms with Crippen molar-refractivity contribution in [3.63, 3.8) is 0 Å². The smallest absolute Gasteiger partial charge is 0.383 e. The van der Waals surface area contributed by atoms with E-state index in [0.717, 1.165) is 44.0 Å². The highest BCUT2D eigenvalue weighted by Crippen LogP contribution is 2.29. The van der Waals surface area contributed by atoms with E-state index in [1.165, 1.54) is 22.9 Å². The summed E-state index contributed by atoms with van der Waals surface area (Å²) in [4.78, 5) is 18.8. The number of hydrogen-bond acceptors (Lipinski definition) is 5. The minimum absolute atomic E-state index is 0.278. The van der Waals surface area contributed by atoms with Crippen molar-refractivity contribution in [2.45, 2.75) is 19.5 Å². The molecule has 0 saturated heterocycles. The van der Waals surface area contributed by atoms with Crippen LogP contribution in [0.15, 0.2) is 59.7 Å². The summed E-state index contributed by atoms with van der Waals surface area (Å²) in [6, 6.07) is 10.5. The van der Waals surface area contributed by atoms with Gasteiger partial charge in [0.1, 0.15) is 0 Å². The molecule has 0 saturated carbocycles. The molecule has 0 aliphatic rings. The van der Waals surface area contributed by atoms with Gasteiger partial charge in [-0.15, -0.1) is 0 Å². The molecule has 0 aliphatic heterocycles. The Hall–Kier alpha value is -3.46. The lowest BCUT2D eigenvalue weighted by Gasteiger charge is -2.17. The largest absolute Gasteiger partial charge is 0.417 e. The molecule has 0 fully saturated rings. The first-order valence-electron chi connectivity index (χ1n) is 10.6. The average molecular weight is 458 g/mol. The zero-order valence-corrected chi connectivity index (χ0v) is 18.5. The number of hydrogen-bond donors (Lipinski definition) is 2. The van der Waals surface area contributed by atoms with Crippen molar-refractivity contribution < 1.29 is 13.2 Å². The fraction of sp³-hybridized carbons (Fsp3) is 0.292. The van der Waals surface area contributed by atoms with Crippen LogP contribution in [0.2, 0.25) is 0 Å². The Morgan fingerprint density at radius 1 is 1.15 bits per heavy atom. The van der Waals surface area contributed by atoms with Gasteiger partial charge in [-0.2, -0.15) is 13.2 Å². The van der Waals surface area contributed by atoms with E-state index in [1.54, 1.807) is 24.4 Å². The van der Waals surface area contributed by atoms with Crippen LogP contribution < -0.4 is 10.9 Å². The number of pyridine rings is 2. The predicted octanol–water partition coefficient (Wildman–Crippen LogP) is 4.67. The zero-order chi connectivity index (χ0) is 24.0. The molecule has 0 radical (unpaired) electrons. The van der Waals surface area contributed by atoms with Gasteiger partial charge in [0.05, 0.1) is 11.3 Å². The van der Waals surface area contributed by atoms with Gasteiger partial charge in [-0.25, -0.2) is 0 Å². The maximum Gasteiger partial charge on any atom is 0.417 e. The summed E-state index contributed by atoms with van der Waals surface area (Å²) in [6.07, 6.45) is 0.149. The van der Waals surface area contributed by atoms with Crippen molar-refractivity contribution in [2.75, 3.05) is 32.0 Å². The Labute approximate surface area is 190 Å². The molecule has 0 spiro atoms. The van der Waals surface area contributed by atoms with Crippen molar-refractivity contribution in [1.82, 2.24) is 14.5 Å². The van der Waals surface area contributed by atoms with E-state index in [2.05, 4.69) is 29.2 Å². The van der Waals surface area contributed by atoms with E-state index >= 15 is 0 Å². The van der Waals surface area contributed by atoms with Crippen molar-refractivity contribution in [2.24, 2.45) is 0 Å². The second-order valence-corrected chi connectivity index (χ2v) is 7.70. The fourth-order valence-electron chi connectivity index (χ4n) is 3.44. The first-order chi connectivity index (χ1) is 15.7. The van der Waals surface area contributed by atoms with E-state index < -0.39 is 11.7 Å². The predicted molar refractivity (Wildman–Crippen MR) is 124 cm³/mol. The molecule has 3 aromatic rings. The van der Waals surface area contributed by atoms with Crippen LogP contribution in [0.3, 0.4) is 0 Å². The minimum Gasteiger partial charge on any atom is -0.383 e. The van der Waals surface area contributed by atoms with Crippen LogP contribution >= 0.6 is 0 Å². The molecule has 6 nitrogen and oxygen atoms in total. The number of likely N-dealkylation sites (N-methyl/N-ethyl adjacent to an activating group) is 1. The zero-order valence-electron chi connectivity index (χ0n) is 18.5. The van der Waals surface area contributed by atoms with Crippen LogP contribution in [0.1, 0.15) is 24.5 Å². The third kappa shape index (κ3) is 6.07. The number of anilines is 1. The number of halogens is 3. The maximum absolute atomic E-state index is 12.7. The third-order valence-corrected chi connectivity index (χ3v) is 5.19. The van der Waals surface area contributed by atoms with Gasteiger partial charge in [-0.1, -0.05) is 6.92 Å². The highest BCUT2D eigenvalue weighted by Gasteiger charge is 2.30. The van der Waals surface area contributed by atoms with Crippen LogP contribution in [0, 0.1) is 5.41 Å². The van der Waals surface area contributed by atoms with Gasteiger partial charge in [0.25, 0.3) is 5.56 Å². The lowest BCUT2D eigenvalue weighted by atomic mass is 10.1. The normalized spacial score (nSPS) is 11.6. The van der Waals surface area contributed by atoms with Crippen LogP contribution in [-0.4, -0.2) is 47.3 Å². The number of aromatic nitrogens is 2. The Morgan fingerprint density at radius 2 is 1.94 bits per heavy atom. The standard InChI is InChI=1S/C24H26F3N5O/c1-3-10-31(2)12-9-29-22-7-5-20(13-18(22)15-28)32-11-8-17(14-23(32)33)21-6-4-19(16-30-21)24(25,26)27/h4-8,11,13-16,28-29H,3,9-10,12H2,1-2H3. The third-order valence-electron chi connectivity index (χ3n) is 5.19. The molecular weight excluding hydrogens is 431 g/mol. The summed E-state index contributed by atoms with van der Waals surface area (Å²) in [5, 5.41) is 11.1. The lowest BCUT2D eigenvalue weighted by molar-refractivity contribution is -0.137. The van der Waals surface area contributed by atoms with Crippen LogP contribution in [-0.2, 0) is 6.18 Å². The van der Waals surface area contributed by atoms with Gasteiger partial charge in [0.15, 0.2) is 0 Å². The summed E-state index contributed by atoms with van der Waals surface area (Å²) < 4.78 is 39.6. The van der Waals surface area contributed by atoms with E-state index in [0.29, 0.717) is 16.8 Å². The molecule has 2 aromatic heterocycles. The molecule has 174 valence electrons.